The monoisotopic (exact) mass is 258 g/mol. The SMILES string of the molecule is Nc1ccc(C=Cc2ccc([N+](=O)[O-])cc2F)cc1. The minimum atomic E-state index is -0.628. The topological polar surface area (TPSA) is 69.2 Å². The van der Waals surface area contributed by atoms with E-state index in [0.29, 0.717) is 11.3 Å². The van der Waals surface area contributed by atoms with Gasteiger partial charge in [-0.1, -0.05) is 24.3 Å². The normalized spacial score (nSPS) is 10.8. The van der Waals surface area contributed by atoms with Crippen molar-refractivity contribution in [2.45, 2.75) is 0 Å². The molecule has 2 aromatic carbocycles. The predicted octanol–water partition coefficient (Wildman–Crippen LogP) is 3.49. The van der Waals surface area contributed by atoms with Crippen molar-refractivity contribution in [3.63, 3.8) is 0 Å². The average molecular weight is 258 g/mol. The quantitative estimate of drug-likeness (QED) is 0.396. The largest absolute Gasteiger partial charge is 0.399 e. The molecule has 19 heavy (non-hydrogen) atoms. The van der Waals surface area contributed by atoms with E-state index in [1.165, 1.54) is 12.1 Å². The molecule has 0 atom stereocenters. The van der Waals surface area contributed by atoms with E-state index in [1.807, 2.05) is 0 Å². The lowest BCUT2D eigenvalue weighted by Crippen LogP contribution is -1.90. The Morgan fingerprint density at radius 2 is 1.79 bits per heavy atom. The lowest BCUT2D eigenvalue weighted by Gasteiger charge is -1.98. The molecule has 0 aromatic heterocycles. The van der Waals surface area contributed by atoms with E-state index in [1.54, 1.807) is 36.4 Å². The summed E-state index contributed by atoms with van der Waals surface area (Å²) in [6.07, 6.45) is 3.27. The summed E-state index contributed by atoms with van der Waals surface area (Å²) in [6.45, 7) is 0. The van der Waals surface area contributed by atoms with Gasteiger partial charge in [-0.15, -0.1) is 0 Å². The molecule has 2 rings (SSSR count). The van der Waals surface area contributed by atoms with E-state index in [0.717, 1.165) is 11.6 Å². The Bertz CT molecular complexity index is 636. The summed E-state index contributed by atoms with van der Waals surface area (Å²) in [5, 5.41) is 10.5. The molecule has 0 aliphatic heterocycles. The van der Waals surface area contributed by atoms with Crippen LogP contribution in [0, 0.1) is 15.9 Å². The van der Waals surface area contributed by atoms with Crippen LogP contribution in [0.15, 0.2) is 42.5 Å². The molecular weight excluding hydrogens is 247 g/mol. The van der Waals surface area contributed by atoms with Crippen LogP contribution in [0.3, 0.4) is 0 Å². The number of nitrogens with zero attached hydrogens (tertiary/aromatic N) is 1. The number of anilines is 1. The standard InChI is InChI=1S/C14H11FN2O2/c15-14-9-13(17(18)19)8-5-11(14)4-1-10-2-6-12(16)7-3-10/h1-9H,16H2. The van der Waals surface area contributed by atoms with Crippen LogP contribution < -0.4 is 5.73 Å². The van der Waals surface area contributed by atoms with Gasteiger partial charge >= 0.3 is 0 Å². The molecule has 0 spiro atoms. The van der Waals surface area contributed by atoms with Crippen molar-refractivity contribution in [2.24, 2.45) is 0 Å². The highest BCUT2D eigenvalue weighted by Gasteiger charge is 2.08. The molecule has 2 aromatic rings. The molecule has 0 amide bonds. The number of halogens is 1. The van der Waals surface area contributed by atoms with Crippen molar-refractivity contribution in [3.05, 3.63) is 69.5 Å². The molecular formula is C14H11FN2O2. The van der Waals surface area contributed by atoms with Gasteiger partial charge in [-0.2, -0.15) is 0 Å². The lowest BCUT2D eigenvalue weighted by atomic mass is 10.1. The number of hydrogen-bond donors (Lipinski definition) is 1. The molecule has 0 heterocycles. The second-order valence-corrected chi connectivity index (χ2v) is 3.96. The first-order chi connectivity index (χ1) is 9.06. The summed E-state index contributed by atoms with van der Waals surface area (Å²) in [5.74, 6) is -0.624. The zero-order chi connectivity index (χ0) is 13.8. The number of non-ortho nitro benzene ring substituents is 1. The van der Waals surface area contributed by atoms with Crippen LogP contribution in [0.5, 0.6) is 0 Å². The molecule has 5 heteroatoms. The van der Waals surface area contributed by atoms with Gasteiger partial charge in [0, 0.05) is 17.3 Å². The summed E-state index contributed by atoms with van der Waals surface area (Å²) < 4.78 is 13.6. The Labute approximate surface area is 109 Å². The fourth-order valence-corrected chi connectivity index (χ4v) is 1.56. The Kier molecular flexibility index (Phi) is 3.56. The molecule has 4 nitrogen and oxygen atoms in total. The van der Waals surface area contributed by atoms with Gasteiger partial charge in [-0.25, -0.2) is 4.39 Å². The molecule has 2 N–H and O–H groups in total. The highest BCUT2D eigenvalue weighted by Crippen LogP contribution is 2.18. The maximum absolute atomic E-state index is 13.6. The molecule has 96 valence electrons. The summed E-state index contributed by atoms with van der Waals surface area (Å²) in [5.41, 5.74) is 7.11. The minimum absolute atomic E-state index is 0.262. The smallest absolute Gasteiger partial charge is 0.272 e. The summed E-state index contributed by atoms with van der Waals surface area (Å²) in [7, 11) is 0. The Morgan fingerprint density at radius 1 is 1.11 bits per heavy atom. The third-order valence-corrected chi connectivity index (χ3v) is 2.59. The van der Waals surface area contributed by atoms with E-state index in [9.17, 15) is 14.5 Å². The van der Waals surface area contributed by atoms with Gasteiger partial charge < -0.3 is 5.73 Å². The zero-order valence-corrected chi connectivity index (χ0v) is 9.92. The lowest BCUT2D eigenvalue weighted by molar-refractivity contribution is -0.385. The number of nitro groups is 1. The molecule has 0 bridgehead atoms. The highest BCUT2D eigenvalue weighted by atomic mass is 19.1. The molecule has 0 saturated carbocycles. The van der Waals surface area contributed by atoms with Crippen molar-refractivity contribution >= 4 is 23.5 Å². The van der Waals surface area contributed by atoms with E-state index in [-0.39, 0.29) is 5.69 Å². The molecule has 0 radical (unpaired) electrons. The second kappa shape index (κ2) is 5.30. The van der Waals surface area contributed by atoms with Crippen molar-refractivity contribution in [2.75, 3.05) is 5.73 Å². The first-order valence-electron chi connectivity index (χ1n) is 5.54. The number of hydrogen-bond acceptors (Lipinski definition) is 3. The van der Waals surface area contributed by atoms with E-state index >= 15 is 0 Å². The van der Waals surface area contributed by atoms with E-state index in [2.05, 4.69) is 0 Å². The summed E-state index contributed by atoms with van der Waals surface area (Å²) in [4.78, 5) is 9.86. The molecule has 0 aliphatic carbocycles. The van der Waals surface area contributed by atoms with Crippen LogP contribution in [-0.4, -0.2) is 4.92 Å². The van der Waals surface area contributed by atoms with Crippen molar-refractivity contribution in [1.82, 2.24) is 0 Å². The molecule has 0 unspecified atom stereocenters. The zero-order valence-electron chi connectivity index (χ0n) is 9.92. The molecule has 0 saturated heterocycles. The summed E-state index contributed by atoms with van der Waals surface area (Å²) >= 11 is 0. The van der Waals surface area contributed by atoms with Crippen LogP contribution >= 0.6 is 0 Å². The van der Waals surface area contributed by atoms with Crippen molar-refractivity contribution in [3.8, 4) is 0 Å². The van der Waals surface area contributed by atoms with Crippen molar-refractivity contribution in [1.29, 1.82) is 0 Å². The van der Waals surface area contributed by atoms with Gasteiger partial charge in [0.05, 0.1) is 11.0 Å². The third-order valence-electron chi connectivity index (χ3n) is 2.59. The fraction of sp³-hybridized carbons (Fsp3) is 0. The van der Waals surface area contributed by atoms with Crippen LogP contribution in [0.1, 0.15) is 11.1 Å². The van der Waals surface area contributed by atoms with Crippen molar-refractivity contribution < 1.29 is 9.31 Å². The van der Waals surface area contributed by atoms with Crippen LogP contribution in [-0.2, 0) is 0 Å². The maximum atomic E-state index is 13.6. The van der Waals surface area contributed by atoms with Gasteiger partial charge in [-0.3, -0.25) is 10.1 Å². The predicted molar refractivity (Wildman–Crippen MR) is 72.8 cm³/mol. The van der Waals surface area contributed by atoms with Crippen LogP contribution in [0.4, 0.5) is 15.8 Å². The second-order valence-electron chi connectivity index (χ2n) is 3.96. The Morgan fingerprint density at radius 3 is 2.37 bits per heavy atom. The number of nitrogen functional groups attached to an aromatic ring is 1. The first-order valence-corrected chi connectivity index (χ1v) is 5.54. The molecule has 0 fully saturated rings. The molecule has 0 aliphatic rings. The third kappa shape index (κ3) is 3.16. The van der Waals surface area contributed by atoms with Gasteiger partial charge in [0.25, 0.3) is 5.69 Å². The van der Waals surface area contributed by atoms with E-state index < -0.39 is 10.7 Å². The summed E-state index contributed by atoms with van der Waals surface area (Å²) in [6, 6.07) is 10.6. The number of nitro benzene ring substituents is 1. The first kappa shape index (κ1) is 12.8. The Balaban J connectivity index is 2.23. The van der Waals surface area contributed by atoms with Gasteiger partial charge in [0.2, 0.25) is 0 Å². The van der Waals surface area contributed by atoms with Gasteiger partial charge in [-0.05, 0) is 23.8 Å². The van der Waals surface area contributed by atoms with E-state index in [4.69, 9.17) is 5.73 Å². The average Bonchev–Trinajstić information content (AvgIpc) is 2.39. The number of rotatable bonds is 3. The highest BCUT2D eigenvalue weighted by molar-refractivity contribution is 5.71. The number of benzene rings is 2. The van der Waals surface area contributed by atoms with Gasteiger partial charge in [0.1, 0.15) is 5.82 Å². The van der Waals surface area contributed by atoms with Crippen LogP contribution in [0.2, 0.25) is 0 Å². The maximum Gasteiger partial charge on any atom is 0.272 e. The van der Waals surface area contributed by atoms with Crippen LogP contribution in [0.25, 0.3) is 12.2 Å². The fourth-order valence-electron chi connectivity index (χ4n) is 1.56. The number of nitrogens with two attached hydrogens (primary N) is 1. The van der Waals surface area contributed by atoms with Gasteiger partial charge in [0.15, 0.2) is 0 Å². The minimum Gasteiger partial charge on any atom is -0.399 e. The Hall–Kier alpha value is -2.69.